The molecule has 0 spiro atoms. The Labute approximate surface area is 109 Å². The number of likely N-dealkylation sites (N-methyl/N-ethyl adjacent to an activating group) is 1. The van der Waals surface area contributed by atoms with E-state index in [0.29, 0.717) is 17.5 Å². The number of methoxy groups -OCH3 is 1. The first-order valence-corrected chi connectivity index (χ1v) is 6.47. The molecule has 0 amide bonds. The number of rotatable bonds is 4. The van der Waals surface area contributed by atoms with Crippen LogP contribution >= 0.6 is 0 Å². The molecule has 100 valence electrons. The molecular weight excluding hydrogens is 228 g/mol. The molecule has 1 aromatic carbocycles. The zero-order chi connectivity index (χ0) is 13.0. The molecule has 1 unspecified atom stereocenters. The van der Waals surface area contributed by atoms with Crippen LogP contribution in [-0.4, -0.2) is 38.3 Å². The molecule has 0 bridgehead atoms. The Balaban J connectivity index is 1.93. The van der Waals surface area contributed by atoms with Crippen molar-refractivity contribution in [2.24, 2.45) is 0 Å². The summed E-state index contributed by atoms with van der Waals surface area (Å²) in [6, 6.07) is 6.07. The van der Waals surface area contributed by atoms with E-state index in [0.717, 1.165) is 12.4 Å². The highest BCUT2D eigenvalue weighted by Crippen LogP contribution is 2.27. The minimum Gasteiger partial charge on any atom is -0.494 e. The molecular formula is C14H22N2O2. The fourth-order valence-corrected chi connectivity index (χ4v) is 2.33. The number of hydrogen-bond acceptors (Lipinski definition) is 4. The van der Waals surface area contributed by atoms with Crippen molar-refractivity contribution >= 4 is 5.69 Å². The average molecular weight is 250 g/mol. The van der Waals surface area contributed by atoms with Gasteiger partial charge in [0.15, 0.2) is 0 Å². The van der Waals surface area contributed by atoms with Crippen molar-refractivity contribution in [3.8, 4) is 11.5 Å². The number of nitrogens with two attached hydrogens (primary N) is 1. The van der Waals surface area contributed by atoms with Gasteiger partial charge < -0.3 is 20.1 Å². The van der Waals surface area contributed by atoms with Gasteiger partial charge in [-0.25, -0.2) is 0 Å². The summed E-state index contributed by atoms with van der Waals surface area (Å²) in [7, 11) is 3.78. The Morgan fingerprint density at radius 1 is 1.39 bits per heavy atom. The van der Waals surface area contributed by atoms with Crippen LogP contribution in [0.15, 0.2) is 18.2 Å². The monoisotopic (exact) mass is 250 g/mol. The number of hydrogen-bond donors (Lipinski definition) is 1. The first-order valence-electron chi connectivity index (χ1n) is 6.47. The van der Waals surface area contributed by atoms with Gasteiger partial charge in [-0.05, 0) is 38.6 Å². The normalized spacial score (nSPS) is 20.7. The lowest BCUT2D eigenvalue weighted by molar-refractivity contribution is 0.125. The van der Waals surface area contributed by atoms with Crippen molar-refractivity contribution in [2.75, 3.05) is 33.0 Å². The van der Waals surface area contributed by atoms with Crippen LogP contribution in [-0.2, 0) is 0 Å². The van der Waals surface area contributed by atoms with E-state index in [4.69, 9.17) is 15.2 Å². The average Bonchev–Trinajstić information content (AvgIpc) is 2.39. The maximum absolute atomic E-state index is 5.84. The van der Waals surface area contributed by atoms with Gasteiger partial charge in [-0.2, -0.15) is 0 Å². The van der Waals surface area contributed by atoms with Crippen molar-refractivity contribution in [1.29, 1.82) is 0 Å². The zero-order valence-electron chi connectivity index (χ0n) is 11.2. The quantitative estimate of drug-likeness (QED) is 0.832. The first kappa shape index (κ1) is 13.0. The lowest BCUT2D eigenvalue weighted by Gasteiger charge is -2.32. The van der Waals surface area contributed by atoms with E-state index in [1.807, 2.05) is 18.2 Å². The van der Waals surface area contributed by atoms with Crippen molar-refractivity contribution in [2.45, 2.75) is 25.3 Å². The van der Waals surface area contributed by atoms with Gasteiger partial charge in [0.05, 0.1) is 12.8 Å². The first-order chi connectivity index (χ1) is 8.70. The lowest BCUT2D eigenvalue weighted by Crippen LogP contribution is -2.40. The van der Waals surface area contributed by atoms with Gasteiger partial charge in [0.2, 0.25) is 0 Å². The molecule has 1 saturated heterocycles. The maximum Gasteiger partial charge on any atom is 0.145 e. The van der Waals surface area contributed by atoms with E-state index in [2.05, 4.69) is 11.9 Å². The van der Waals surface area contributed by atoms with Gasteiger partial charge >= 0.3 is 0 Å². The smallest absolute Gasteiger partial charge is 0.145 e. The molecule has 1 atom stereocenters. The molecule has 0 radical (unpaired) electrons. The fraction of sp³-hybridized carbons (Fsp3) is 0.571. The highest BCUT2D eigenvalue weighted by atomic mass is 16.5. The highest BCUT2D eigenvalue weighted by Gasteiger charge is 2.19. The molecule has 1 heterocycles. The van der Waals surface area contributed by atoms with Crippen LogP contribution in [0, 0.1) is 0 Å². The highest BCUT2D eigenvalue weighted by molar-refractivity contribution is 5.55. The number of benzene rings is 1. The van der Waals surface area contributed by atoms with E-state index in [1.165, 1.54) is 25.8 Å². The molecule has 18 heavy (non-hydrogen) atoms. The van der Waals surface area contributed by atoms with E-state index in [-0.39, 0.29) is 0 Å². The SMILES string of the molecule is COc1cc(OCC2CCCCN2C)ccc1N. The third-order valence-corrected chi connectivity index (χ3v) is 3.57. The number of anilines is 1. The molecule has 0 aliphatic carbocycles. The largest absolute Gasteiger partial charge is 0.494 e. The number of likely N-dealkylation sites (tertiary alicyclic amines) is 1. The van der Waals surface area contributed by atoms with Gasteiger partial charge in [0, 0.05) is 12.1 Å². The topological polar surface area (TPSA) is 47.7 Å². The predicted octanol–water partition coefficient (Wildman–Crippen LogP) is 2.14. The second-order valence-electron chi connectivity index (χ2n) is 4.84. The molecule has 1 aliphatic heterocycles. The van der Waals surface area contributed by atoms with Crippen LogP contribution in [0.3, 0.4) is 0 Å². The zero-order valence-corrected chi connectivity index (χ0v) is 11.2. The van der Waals surface area contributed by atoms with Crippen molar-refractivity contribution < 1.29 is 9.47 Å². The molecule has 1 aliphatic rings. The molecule has 4 heteroatoms. The Kier molecular flexibility index (Phi) is 4.31. The summed E-state index contributed by atoms with van der Waals surface area (Å²) in [6.07, 6.45) is 3.80. The molecule has 2 N–H and O–H groups in total. The minimum atomic E-state index is 0.516. The summed E-state index contributed by atoms with van der Waals surface area (Å²) < 4.78 is 11.0. The molecule has 1 fully saturated rings. The van der Waals surface area contributed by atoms with E-state index in [1.54, 1.807) is 7.11 Å². The van der Waals surface area contributed by atoms with Gasteiger partial charge in [-0.15, -0.1) is 0 Å². The Hall–Kier alpha value is -1.42. The molecule has 0 saturated carbocycles. The van der Waals surface area contributed by atoms with Crippen LogP contribution in [0.2, 0.25) is 0 Å². The van der Waals surface area contributed by atoms with Gasteiger partial charge in [0.1, 0.15) is 18.1 Å². The maximum atomic E-state index is 5.84. The van der Waals surface area contributed by atoms with Crippen molar-refractivity contribution in [3.63, 3.8) is 0 Å². The third kappa shape index (κ3) is 3.07. The fourth-order valence-electron chi connectivity index (χ4n) is 2.33. The summed E-state index contributed by atoms with van der Waals surface area (Å²) in [5.74, 6) is 1.49. The predicted molar refractivity (Wildman–Crippen MR) is 73.2 cm³/mol. The Morgan fingerprint density at radius 3 is 2.94 bits per heavy atom. The minimum absolute atomic E-state index is 0.516. The van der Waals surface area contributed by atoms with Crippen molar-refractivity contribution in [1.82, 2.24) is 4.90 Å². The third-order valence-electron chi connectivity index (χ3n) is 3.57. The van der Waals surface area contributed by atoms with Crippen molar-refractivity contribution in [3.05, 3.63) is 18.2 Å². The van der Waals surface area contributed by atoms with E-state index >= 15 is 0 Å². The molecule has 2 rings (SSSR count). The number of piperidine rings is 1. The molecule has 4 nitrogen and oxygen atoms in total. The van der Waals surface area contributed by atoms with Gasteiger partial charge in [-0.1, -0.05) is 6.42 Å². The lowest BCUT2D eigenvalue weighted by atomic mass is 10.0. The standard InChI is InChI=1S/C14H22N2O2/c1-16-8-4-3-5-11(16)10-18-12-6-7-13(15)14(9-12)17-2/h6-7,9,11H,3-5,8,10,15H2,1-2H3. The molecule has 1 aromatic rings. The summed E-state index contributed by atoms with van der Waals surface area (Å²) >= 11 is 0. The number of ether oxygens (including phenoxy) is 2. The summed E-state index contributed by atoms with van der Waals surface area (Å²) in [6.45, 7) is 1.89. The van der Waals surface area contributed by atoms with Crippen LogP contribution in [0.4, 0.5) is 5.69 Å². The van der Waals surface area contributed by atoms with Crippen LogP contribution in [0.1, 0.15) is 19.3 Å². The number of nitrogens with zero attached hydrogens (tertiary/aromatic N) is 1. The van der Waals surface area contributed by atoms with Crippen LogP contribution in [0.5, 0.6) is 11.5 Å². The van der Waals surface area contributed by atoms with Crippen LogP contribution in [0.25, 0.3) is 0 Å². The Bertz CT molecular complexity index is 395. The molecule has 0 aromatic heterocycles. The second-order valence-corrected chi connectivity index (χ2v) is 4.84. The van der Waals surface area contributed by atoms with E-state index in [9.17, 15) is 0 Å². The van der Waals surface area contributed by atoms with Gasteiger partial charge in [0.25, 0.3) is 0 Å². The summed E-state index contributed by atoms with van der Waals surface area (Å²) in [5, 5.41) is 0. The second kappa shape index (κ2) is 5.96. The Morgan fingerprint density at radius 2 is 2.22 bits per heavy atom. The summed E-state index contributed by atoms with van der Waals surface area (Å²) in [5.41, 5.74) is 6.41. The summed E-state index contributed by atoms with van der Waals surface area (Å²) in [4.78, 5) is 2.37. The van der Waals surface area contributed by atoms with Crippen LogP contribution < -0.4 is 15.2 Å². The van der Waals surface area contributed by atoms with Gasteiger partial charge in [-0.3, -0.25) is 0 Å². The van der Waals surface area contributed by atoms with E-state index < -0.39 is 0 Å². The number of nitrogen functional groups attached to an aromatic ring is 1.